The van der Waals surface area contributed by atoms with Crippen LogP contribution in [0.25, 0.3) is 0 Å². The number of sulfonamides is 1. The summed E-state index contributed by atoms with van der Waals surface area (Å²) in [7, 11) is -3.87. The number of hydrogen-bond donors (Lipinski definition) is 2. The van der Waals surface area contributed by atoms with E-state index in [1.54, 1.807) is 0 Å². The molecule has 0 amide bonds. The summed E-state index contributed by atoms with van der Waals surface area (Å²) in [6.45, 7) is 1.42. The van der Waals surface area contributed by atoms with E-state index in [2.05, 4.69) is 9.71 Å². The lowest BCUT2D eigenvalue weighted by atomic mass is 10.0. The van der Waals surface area contributed by atoms with E-state index in [-0.39, 0.29) is 10.5 Å². The van der Waals surface area contributed by atoms with Crippen LogP contribution in [-0.2, 0) is 10.0 Å². The van der Waals surface area contributed by atoms with E-state index in [1.807, 2.05) is 0 Å². The molecule has 118 valence electrons. The molecule has 0 radical (unpaired) electrons. The Hall–Kier alpha value is -1.90. The Kier molecular flexibility index (Phi) is 4.84. The van der Waals surface area contributed by atoms with Gasteiger partial charge in [0.05, 0.1) is 6.10 Å². The highest BCUT2D eigenvalue weighted by molar-refractivity contribution is 7.89. The third kappa shape index (κ3) is 3.65. The molecule has 0 aliphatic carbocycles. The van der Waals surface area contributed by atoms with Gasteiger partial charge in [-0.1, -0.05) is 6.07 Å². The SMILES string of the molecule is CC(NS(=O)(=O)c1cccnc1)C(O)c1ccc(F)c(F)c1. The van der Waals surface area contributed by atoms with Gasteiger partial charge in [0.2, 0.25) is 10.0 Å². The minimum atomic E-state index is -3.87. The van der Waals surface area contributed by atoms with Crippen molar-refractivity contribution >= 4 is 10.0 Å². The first-order chi connectivity index (χ1) is 10.3. The van der Waals surface area contributed by atoms with Gasteiger partial charge in [0.15, 0.2) is 11.6 Å². The normalized spacial score (nSPS) is 14.5. The Morgan fingerprint density at radius 3 is 2.55 bits per heavy atom. The maximum atomic E-state index is 13.2. The van der Waals surface area contributed by atoms with Crippen LogP contribution in [0.2, 0.25) is 0 Å². The van der Waals surface area contributed by atoms with Crippen molar-refractivity contribution in [2.75, 3.05) is 0 Å². The maximum absolute atomic E-state index is 13.2. The number of benzene rings is 1. The van der Waals surface area contributed by atoms with Crippen molar-refractivity contribution in [1.82, 2.24) is 9.71 Å². The van der Waals surface area contributed by atoms with Gasteiger partial charge in [-0.25, -0.2) is 21.9 Å². The molecule has 2 N–H and O–H groups in total. The number of pyridine rings is 1. The first-order valence-corrected chi connectivity index (χ1v) is 7.85. The van der Waals surface area contributed by atoms with Crippen molar-refractivity contribution in [3.8, 4) is 0 Å². The average Bonchev–Trinajstić information content (AvgIpc) is 2.49. The molecular formula is C14H14F2N2O3S. The number of halogens is 2. The smallest absolute Gasteiger partial charge is 0.242 e. The van der Waals surface area contributed by atoms with E-state index in [0.717, 1.165) is 12.1 Å². The van der Waals surface area contributed by atoms with Crippen LogP contribution in [0.3, 0.4) is 0 Å². The molecule has 1 aromatic carbocycles. The second-order valence-electron chi connectivity index (χ2n) is 4.72. The fourth-order valence-electron chi connectivity index (χ4n) is 1.87. The van der Waals surface area contributed by atoms with E-state index in [4.69, 9.17) is 0 Å². The first-order valence-electron chi connectivity index (χ1n) is 6.36. The summed E-state index contributed by atoms with van der Waals surface area (Å²) in [6.07, 6.45) is 1.26. The molecule has 0 saturated carbocycles. The summed E-state index contributed by atoms with van der Waals surface area (Å²) in [4.78, 5) is 3.65. The van der Waals surface area contributed by atoms with Crippen molar-refractivity contribution in [2.24, 2.45) is 0 Å². The van der Waals surface area contributed by atoms with Crippen LogP contribution in [0.5, 0.6) is 0 Å². The fourth-order valence-corrected chi connectivity index (χ4v) is 3.08. The summed E-state index contributed by atoms with van der Waals surface area (Å²) in [5.74, 6) is -2.15. The molecule has 22 heavy (non-hydrogen) atoms. The Morgan fingerprint density at radius 2 is 1.95 bits per heavy atom. The minimum Gasteiger partial charge on any atom is -0.387 e. The Labute approximate surface area is 126 Å². The van der Waals surface area contributed by atoms with Crippen LogP contribution in [0.15, 0.2) is 47.6 Å². The van der Waals surface area contributed by atoms with Gasteiger partial charge in [-0.2, -0.15) is 0 Å². The third-order valence-electron chi connectivity index (χ3n) is 3.04. The molecule has 2 atom stereocenters. The van der Waals surface area contributed by atoms with Crippen molar-refractivity contribution in [3.05, 3.63) is 59.9 Å². The Balaban J connectivity index is 2.17. The molecule has 1 aromatic heterocycles. The number of hydrogen-bond acceptors (Lipinski definition) is 4. The molecule has 0 bridgehead atoms. The monoisotopic (exact) mass is 328 g/mol. The van der Waals surface area contributed by atoms with Crippen molar-refractivity contribution in [1.29, 1.82) is 0 Å². The van der Waals surface area contributed by atoms with Gasteiger partial charge < -0.3 is 5.11 Å². The summed E-state index contributed by atoms with van der Waals surface area (Å²) in [6, 6.07) is 4.76. The van der Waals surface area contributed by atoms with Crippen LogP contribution in [-0.4, -0.2) is 24.6 Å². The highest BCUT2D eigenvalue weighted by Gasteiger charge is 2.24. The van der Waals surface area contributed by atoms with Gasteiger partial charge in [0.25, 0.3) is 0 Å². The van der Waals surface area contributed by atoms with Gasteiger partial charge >= 0.3 is 0 Å². The Bertz CT molecular complexity index is 754. The fraction of sp³-hybridized carbons (Fsp3) is 0.214. The molecule has 0 spiro atoms. The van der Waals surface area contributed by atoms with Crippen LogP contribution < -0.4 is 4.72 Å². The molecule has 0 fully saturated rings. The van der Waals surface area contributed by atoms with Gasteiger partial charge in [-0.05, 0) is 36.8 Å². The number of rotatable bonds is 5. The summed E-state index contributed by atoms with van der Waals surface area (Å²) < 4.78 is 52.5. The average molecular weight is 328 g/mol. The number of aliphatic hydroxyl groups is 1. The molecule has 0 aliphatic rings. The standard InChI is InChI=1S/C14H14F2N2O3S/c1-9(14(19)10-4-5-12(15)13(16)7-10)18-22(20,21)11-3-2-6-17-8-11/h2-9,14,18-19H,1H3. The van der Waals surface area contributed by atoms with E-state index in [1.165, 1.54) is 37.5 Å². The third-order valence-corrected chi connectivity index (χ3v) is 4.59. The van der Waals surface area contributed by atoms with Crippen molar-refractivity contribution in [2.45, 2.75) is 24.0 Å². The summed E-state index contributed by atoms with van der Waals surface area (Å²) in [5.41, 5.74) is 0.0697. The van der Waals surface area contributed by atoms with Gasteiger partial charge in [0, 0.05) is 18.4 Å². The lowest BCUT2D eigenvalue weighted by molar-refractivity contribution is 0.146. The molecule has 0 saturated heterocycles. The maximum Gasteiger partial charge on any atom is 0.242 e. The molecular weight excluding hydrogens is 314 g/mol. The predicted octanol–water partition coefficient (Wildman–Crippen LogP) is 1.76. The topological polar surface area (TPSA) is 79.3 Å². The van der Waals surface area contributed by atoms with E-state index in [9.17, 15) is 22.3 Å². The first kappa shape index (κ1) is 16.5. The zero-order valence-corrected chi connectivity index (χ0v) is 12.4. The zero-order chi connectivity index (χ0) is 16.3. The zero-order valence-electron chi connectivity index (χ0n) is 11.6. The molecule has 8 heteroatoms. The van der Waals surface area contributed by atoms with Crippen molar-refractivity contribution < 1.29 is 22.3 Å². The molecule has 2 unspecified atom stereocenters. The van der Waals surface area contributed by atoms with E-state index >= 15 is 0 Å². The molecule has 2 rings (SSSR count). The summed E-state index contributed by atoms with van der Waals surface area (Å²) in [5, 5.41) is 10.1. The highest BCUT2D eigenvalue weighted by Crippen LogP contribution is 2.20. The predicted molar refractivity (Wildman–Crippen MR) is 75.3 cm³/mol. The second-order valence-corrected chi connectivity index (χ2v) is 6.43. The largest absolute Gasteiger partial charge is 0.387 e. The van der Waals surface area contributed by atoms with Gasteiger partial charge in [0.1, 0.15) is 4.90 Å². The summed E-state index contributed by atoms with van der Waals surface area (Å²) >= 11 is 0. The van der Waals surface area contributed by atoms with Gasteiger partial charge in [-0.3, -0.25) is 4.98 Å². The Morgan fingerprint density at radius 1 is 1.23 bits per heavy atom. The van der Waals surface area contributed by atoms with Crippen LogP contribution in [0.1, 0.15) is 18.6 Å². The van der Waals surface area contributed by atoms with Crippen LogP contribution >= 0.6 is 0 Å². The van der Waals surface area contributed by atoms with Crippen molar-refractivity contribution in [3.63, 3.8) is 0 Å². The molecule has 0 aliphatic heterocycles. The number of aromatic nitrogens is 1. The second kappa shape index (κ2) is 6.47. The quantitative estimate of drug-likeness (QED) is 0.876. The lowest BCUT2D eigenvalue weighted by Gasteiger charge is -2.20. The number of nitrogens with one attached hydrogen (secondary N) is 1. The van der Waals surface area contributed by atoms with E-state index < -0.39 is 33.8 Å². The van der Waals surface area contributed by atoms with Crippen LogP contribution in [0.4, 0.5) is 8.78 Å². The molecule has 5 nitrogen and oxygen atoms in total. The molecule has 1 heterocycles. The van der Waals surface area contributed by atoms with E-state index in [0.29, 0.717) is 0 Å². The van der Waals surface area contributed by atoms with Crippen LogP contribution in [0, 0.1) is 11.6 Å². The highest BCUT2D eigenvalue weighted by atomic mass is 32.2. The molecule has 2 aromatic rings. The minimum absolute atomic E-state index is 0.0562. The lowest BCUT2D eigenvalue weighted by Crippen LogP contribution is -2.37. The van der Waals surface area contributed by atoms with Gasteiger partial charge in [-0.15, -0.1) is 0 Å². The number of aliphatic hydroxyl groups excluding tert-OH is 1. The number of nitrogens with zero attached hydrogens (tertiary/aromatic N) is 1.